The first kappa shape index (κ1) is 12.9. The first-order chi connectivity index (χ1) is 8.92. The number of rotatable bonds is 4. The first-order valence-electron chi connectivity index (χ1n) is 8.11. The standard InChI is InChI=1S/C15H29N3/c1-2-6-14(5-1)16-8-10-17-11-12-18-9-4-3-7-15(18)13-17/h14-16H,1-13H2. The fraction of sp³-hybridized carbons (Fsp3) is 1.00. The van der Waals surface area contributed by atoms with E-state index in [0.29, 0.717) is 0 Å². The van der Waals surface area contributed by atoms with Gasteiger partial charge in [-0.05, 0) is 32.2 Å². The van der Waals surface area contributed by atoms with Gasteiger partial charge in [0.2, 0.25) is 0 Å². The highest BCUT2D eigenvalue weighted by Gasteiger charge is 2.28. The van der Waals surface area contributed by atoms with E-state index in [1.54, 1.807) is 0 Å². The molecule has 104 valence electrons. The third-order valence-corrected chi connectivity index (χ3v) is 5.14. The van der Waals surface area contributed by atoms with Crippen molar-refractivity contribution in [1.29, 1.82) is 0 Å². The number of nitrogens with one attached hydrogen (secondary N) is 1. The van der Waals surface area contributed by atoms with Crippen molar-refractivity contribution in [2.75, 3.05) is 39.3 Å². The van der Waals surface area contributed by atoms with Crippen LogP contribution in [0.25, 0.3) is 0 Å². The molecule has 0 amide bonds. The van der Waals surface area contributed by atoms with Gasteiger partial charge < -0.3 is 5.32 Å². The zero-order chi connectivity index (χ0) is 12.2. The topological polar surface area (TPSA) is 18.5 Å². The van der Waals surface area contributed by atoms with Crippen molar-refractivity contribution in [2.24, 2.45) is 0 Å². The Bertz CT molecular complexity index is 250. The lowest BCUT2D eigenvalue weighted by Gasteiger charge is -2.44. The second-order valence-corrected chi connectivity index (χ2v) is 6.42. The van der Waals surface area contributed by atoms with Gasteiger partial charge in [0.05, 0.1) is 0 Å². The summed E-state index contributed by atoms with van der Waals surface area (Å²) in [5.74, 6) is 0. The molecule has 0 aromatic carbocycles. The van der Waals surface area contributed by atoms with Gasteiger partial charge in [-0.1, -0.05) is 19.3 Å². The number of fused-ring (bicyclic) bond motifs is 1. The van der Waals surface area contributed by atoms with Crippen molar-refractivity contribution in [2.45, 2.75) is 57.0 Å². The lowest BCUT2D eigenvalue weighted by Crippen LogP contribution is -2.55. The minimum atomic E-state index is 0.834. The summed E-state index contributed by atoms with van der Waals surface area (Å²) in [6, 6.07) is 1.71. The maximum atomic E-state index is 3.75. The minimum Gasteiger partial charge on any atom is -0.313 e. The Hall–Kier alpha value is -0.120. The summed E-state index contributed by atoms with van der Waals surface area (Å²) in [5.41, 5.74) is 0. The van der Waals surface area contributed by atoms with Gasteiger partial charge >= 0.3 is 0 Å². The molecule has 0 bridgehead atoms. The van der Waals surface area contributed by atoms with Crippen LogP contribution in [-0.4, -0.2) is 61.2 Å². The van der Waals surface area contributed by atoms with Gasteiger partial charge in [0.15, 0.2) is 0 Å². The predicted molar refractivity (Wildman–Crippen MR) is 75.9 cm³/mol. The smallest absolute Gasteiger partial charge is 0.0223 e. The van der Waals surface area contributed by atoms with E-state index in [1.165, 1.54) is 84.2 Å². The van der Waals surface area contributed by atoms with Crippen LogP contribution in [0.1, 0.15) is 44.9 Å². The number of nitrogens with zero attached hydrogens (tertiary/aromatic N) is 2. The van der Waals surface area contributed by atoms with Gasteiger partial charge in [0.25, 0.3) is 0 Å². The normalized spacial score (nSPS) is 31.7. The third-order valence-electron chi connectivity index (χ3n) is 5.14. The second kappa shape index (κ2) is 6.36. The predicted octanol–water partition coefficient (Wildman–Crippen LogP) is 1.69. The van der Waals surface area contributed by atoms with Gasteiger partial charge in [-0.15, -0.1) is 0 Å². The van der Waals surface area contributed by atoms with Gasteiger partial charge in [-0.25, -0.2) is 0 Å². The SMILES string of the molecule is C1CCC(NCCN2CCN3CCCCC3C2)C1. The molecule has 3 aliphatic rings. The van der Waals surface area contributed by atoms with E-state index in [9.17, 15) is 0 Å². The number of hydrogen-bond acceptors (Lipinski definition) is 3. The van der Waals surface area contributed by atoms with Crippen LogP contribution in [0.15, 0.2) is 0 Å². The maximum absolute atomic E-state index is 3.75. The van der Waals surface area contributed by atoms with Crippen molar-refractivity contribution in [3.63, 3.8) is 0 Å². The third kappa shape index (κ3) is 3.25. The molecule has 3 nitrogen and oxygen atoms in total. The van der Waals surface area contributed by atoms with E-state index < -0.39 is 0 Å². The summed E-state index contributed by atoms with van der Waals surface area (Å²) < 4.78 is 0. The summed E-state index contributed by atoms with van der Waals surface area (Å²) >= 11 is 0. The summed E-state index contributed by atoms with van der Waals surface area (Å²) in [6.07, 6.45) is 10.0. The molecule has 0 radical (unpaired) electrons. The van der Waals surface area contributed by atoms with Crippen LogP contribution in [-0.2, 0) is 0 Å². The molecular formula is C15H29N3. The molecule has 0 aromatic rings. The highest BCUT2D eigenvalue weighted by molar-refractivity contribution is 4.85. The van der Waals surface area contributed by atoms with E-state index in [2.05, 4.69) is 15.1 Å². The van der Waals surface area contributed by atoms with Crippen LogP contribution in [0.3, 0.4) is 0 Å². The molecule has 1 atom stereocenters. The van der Waals surface area contributed by atoms with Crippen LogP contribution in [0, 0.1) is 0 Å². The highest BCUT2D eigenvalue weighted by Crippen LogP contribution is 2.21. The lowest BCUT2D eigenvalue weighted by molar-refractivity contribution is 0.0497. The summed E-state index contributed by atoms with van der Waals surface area (Å²) in [4.78, 5) is 5.42. The van der Waals surface area contributed by atoms with Crippen LogP contribution < -0.4 is 5.32 Å². The van der Waals surface area contributed by atoms with E-state index >= 15 is 0 Å². The van der Waals surface area contributed by atoms with Crippen molar-refractivity contribution < 1.29 is 0 Å². The van der Waals surface area contributed by atoms with Crippen LogP contribution in [0.2, 0.25) is 0 Å². The summed E-state index contributed by atoms with van der Waals surface area (Å²) in [6.45, 7) is 7.76. The fourth-order valence-corrected chi connectivity index (χ4v) is 3.98. The maximum Gasteiger partial charge on any atom is 0.0223 e. The Morgan fingerprint density at radius 2 is 1.72 bits per heavy atom. The summed E-state index contributed by atoms with van der Waals surface area (Å²) in [7, 11) is 0. The van der Waals surface area contributed by atoms with E-state index in [0.717, 1.165) is 12.1 Å². The average Bonchev–Trinajstić information content (AvgIpc) is 2.92. The molecule has 3 fully saturated rings. The van der Waals surface area contributed by atoms with Crippen LogP contribution in [0.5, 0.6) is 0 Å². The molecule has 1 N–H and O–H groups in total. The first-order valence-corrected chi connectivity index (χ1v) is 8.11. The fourth-order valence-electron chi connectivity index (χ4n) is 3.98. The Morgan fingerprint density at radius 3 is 2.61 bits per heavy atom. The van der Waals surface area contributed by atoms with Crippen molar-refractivity contribution in [3.05, 3.63) is 0 Å². The number of piperazine rings is 1. The van der Waals surface area contributed by atoms with E-state index in [1.807, 2.05) is 0 Å². The zero-order valence-electron chi connectivity index (χ0n) is 11.7. The average molecular weight is 251 g/mol. The zero-order valence-corrected chi connectivity index (χ0v) is 11.7. The Morgan fingerprint density at radius 1 is 0.889 bits per heavy atom. The van der Waals surface area contributed by atoms with Gasteiger partial charge in [-0.3, -0.25) is 9.80 Å². The van der Waals surface area contributed by atoms with Crippen LogP contribution in [0.4, 0.5) is 0 Å². The quantitative estimate of drug-likeness (QED) is 0.820. The molecule has 1 aliphatic carbocycles. The molecule has 1 saturated carbocycles. The molecule has 2 aliphatic heterocycles. The lowest BCUT2D eigenvalue weighted by atomic mass is 9.99. The Kier molecular flexibility index (Phi) is 4.55. The monoisotopic (exact) mass is 251 g/mol. The molecule has 0 aromatic heterocycles. The van der Waals surface area contributed by atoms with Crippen molar-refractivity contribution in [3.8, 4) is 0 Å². The largest absolute Gasteiger partial charge is 0.313 e. The molecule has 2 heterocycles. The van der Waals surface area contributed by atoms with Gasteiger partial charge in [0.1, 0.15) is 0 Å². The highest BCUT2D eigenvalue weighted by atomic mass is 15.3. The molecule has 3 rings (SSSR count). The summed E-state index contributed by atoms with van der Waals surface area (Å²) in [5, 5.41) is 3.75. The molecular weight excluding hydrogens is 222 g/mol. The van der Waals surface area contributed by atoms with E-state index in [4.69, 9.17) is 0 Å². The molecule has 3 heteroatoms. The number of piperidine rings is 1. The van der Waals surface area contributed by atoms with Crippen LogP contribution >= 0.6 is 0 Å². The number of hydrogen-bond donors (Lipinski definition) is 1. The van der Waals surface area contributed by atoms with E-state index in [-0.39, 0.29) is 0 Å². The molecule has 0 spiro atoms. The molecule has 18 heavy (non-hydrogen) atoms. The minimum absolute atomic E-state index is 0.834. The molecule has 1 unspecified atom stereocenters. The Balaban J connectivity index is 1.35. The van der Waals surface area contributed by atoms with Gasteiger partial charge in [-0.2, -0.15) is 0 Å². The van der Waals surface area contributed by atoms with Crippen molar-refractivity contribution >= 4 is 0 Å². The van der Waals surface area contributed by atoms with Gasteiger partial charge in [0, 0.05) is 44.8 Å². The second-order valence-electron chi connectivity index (χ2n) is 6.42. The Labute approximate surface area is 112 Å². The molecule has 2 saturated heterocycles. The van der Waals surface area contributed by atoms with Crippen molar-refractivity contribution in [1.82, 2.24) is 15.1 Å².